The van der Waals surface area contributed by atoms with Crippen molar-refractivity contribution in [1.82, 2.24) is 15.3 Å². The molecule has 1 aromatic carbocycles. The fourth-order valence-electron chi connectivity index (χ4n) is 1.49. The van der Waals surface area contributed by atoms with Crippen LogP contribution < -0.4 is 5.32 Å². The molecular formula is C13H16N4. The summed E-state index contributed by atoms with van der Waals surface area (Å²) in [5.41, 5.74) is 1.96. The van der Waals surface area contributed by atoms with Crippen molar-refractivity contribution in [2.75, 3.05) is 6.54 Å². The Bertz CT molecular complexity index is 474. The molecule has 2 rings (SSSR count). The van der Waals surface area contributed by atoms with Crippen molar-refractivity contribution in [3.63, 3.8) is 0 Å². The Morgan fingerprint density at radius 3 is 3.18 bits per heavy atom. The highest BCUT2D eigenvalue weighted by Gasteiger charge is 1.99. The molecule has 0 amide bonds. The van der Waals surface area contributed by atoms with Crippen molar-refractivity contribution in [1.29, 1.82) is 0 Å². The fraction of sp³-hybridized carbons (Fsp3) is 0.231. The Balaban J connectivity index is 2.09. The number of aromatic amines is 1. The van der Waals surface area contributed by atoms with Crippen molar-refractivity contribution in [2.45, 2.75) is 13.3 Å². The minimum Gasteiger partial charge on any atom is -0.376 e. The molecule has 0 aliphatic rings. The molecule has 2 N–H and O–H groups in total. The van der Waals surface area contributed by atoms with Gasteiger partial charge in [-0.25, -0.2) is 9.98 Å². The monoisotopic (exact) mass is 228 g/mol. The van der Waals surface area contributed by atoms with Crippen molar-refractivity contribution in [2.24, 2.45) is 4.99 Å². The highest BCUT2D eigenvalue weighted by atomic mass is 14.9. The number of nitrogens with one attached hydrogen (secondary N) is 2. The van der Waals surface area contributed by atoms with E-state index >= 15 is 0 Å². The standard InChI is InChI=1S/C13H16N4/c1-2-6-14-10-17-12-5-3-4-11(9-12)13-15-7-8-16-13/h3-5,7-10H,2,6H2,1H3,(H,14,17)(H,15,16). The molecular weight excluding hydrogens is 212 g/mol. The lowest BCUT2D eigenvalue weighted by molar-refractivity contribution is 0.851. The Hall–Kier alpha value is -2.10. The highest BCUT2D eigenvalue weighted by Crippen LogP contribution is 2.20. The van der Waals surface area contributed by atoms with Crippen LogP contribution in [-0.4, -0.2) is 22.9 Å². The van der Waals surface area contributed by atoms with Crippen LogP contribution in [0.15, 0.2) is 41.7 Å². The second kappa shape index (κ2) is 5.84. The molecule has 4 nitrogen and oxygen atoms in total. The summed E-state index contributed by atoms with van der Waals surface area (Å²) in [5.74, 6) is 0.864. The second-order valence-electron chi connectivity index (χ2n) is 3.70. The van der Waals surface area contributed by atoms with Gasteiger partial charge in [-0.2, -0.15) is 0 Å². The smallest absolute Gasteiger partial charge is 0.137 e. The second-order valence-corrected chi connectivity index (χ2v) is 3.70. The van der Waals surface area contributed by atoms with Crippen LogP contribution in [0.5, 0.6) is 0 Å². The van der Waals surface area contributed by atoms with E-state index in [1.54, 1.807) is 12.5 Å². The van der Waals surface area contributed by atoms with Crippen LogP contribution in [0.4, 0.5) is 5.69 Å². The summed E-state index contributed by atoms with van der Waals surface area (Å²) in [6, 6.07) is 7.96. The van der Waals surface area contributed by atoms with E-state index in [2.05, 4.69) is 27.2 Å². The zero-order valence-corrected chi connectivity index (χ0v) is 9.85. The van der Waals surface area contributed by atoms with Crippen molar-refractivity contribution in [3.8, 4) is 11.4 Å². The maximum atomic E-state index is 4.34. The van der Waals surface area contributed by atoms with E-state index in [0.29, 0.717) is 0 Å². The molecule has 0 unspecified atom stereocenters. The minimum absolute atomic E-state index is 0.864. The molecule has 0 radical (unpaired) electrons. The summed E-state index contributed by atoms with van der Waals surface area (Å²) >= 11 is 0. The Morgan fingerprint density at radius 1 is 1.47 bits per heavy atom. The largest absolute Gasteiger partial charge is 0.376 e. The maximum Gasteiger partial charge on any atom is 0.137 e. The summed E-state index contributed by atoms with van der Waals surface area (Å²) in [4.78, 5) is 11.6. The third-order valence-corrected chi connectivity index (χ3v) is 2.32. The molecule has 1 aromatic heterocycles. The molecule has 88 valence electrons. The summed E-state index contributed by atoms with van der Waals surface area (Å²) in [6.45, 7) is 3.07. The number of rotatable bonds is 5. The number of nitrogens with zero attached hydrogens (tertiary/aromatic N) is 2. The van der Waals surface area contributed by atoms with Gasteiger partial charge in [-0.05, 0) is 18.6 Å². The van der Waals surface area contributed by atoms with Gasteiger partial charge in [-0.3, -0.25) is 0 Å². The van der Waals surface area contributed by atoms with E-state index in [9.17, 15) is 0 Å². The molecule has 0 aliphatic heterocycles. The van der Waals surface area contributed by atoms with Gasteiger partial charge in [-0.1, -0.05) is 19.1 Å². The zero-order valence-electron chi connectivity index (χ0n) is 9.85. The van der Waals surface area contributed by atoms with Crippen LogP contribution >= 0.6 is 0 Å². The number of benzene rings is 1. The van der Waals surface area contributed by atoms with Crippen LogP contribution in [0, 0.1) is 0 Å². The average Bonchev–Trinajstić information content (AvgIpc) is 2.89. The van der Waals surface area contributed by atoms with Crippen molar-refractivity contribution < 1.29 is 0 Å². The number of hydrogen-bond donors (Lipinski definition) is 2. The van der Waals surface area contributed by atoms with Gasteiger partial charge in [0, 0.05) is 24.5 Å². The highest BCUT2D eigenvalue weighted by molar-refractivity contribution is 5.65. The molecule has 0 fully saturated rings. The first-order chi connectivity index (χ1) is 8.40. The lowest BCUT2D eigenvalue weighted by atomic mass is 10.2. The van der Waals surface area contributed by atoms with Gasteiger partial charge in [0.25, 0.3) is 0 Å². The van der Waals surface area contributed by atoms with E-state index in [1.165, 1.54) is 0 Å². The number of H-pyrrole nitrogens is 1. The predicted molar refractivity (Wildman–Crippen MR) is 70.5 cm³/mol. The number of aliphatic imine (C=N–C) groups is 1. The van der Waals surface area contributed by atoms with E-state index in [-0.39, 0.29) is 0 Å². The summed E-state index contributed by atoms with van der Waals surface area (Å²) in [6.07, 6.45) is 6.39. The van der Waals surface area contributed by atoms with E-state index < -0.39 is 0 Å². The van der Waals surface area contributed by atoms with Crippen LogP contribution in [0.1, 0.15) is 13.3 Å². The first-order valence-corrected chi connectivity index (χ1v) is 5.76. The number of aromatic nitrogens is 2. The van der Waals surface area contributed by atoms with Gasteiger partial charge >= 0.3 is 0 Å². The minimum atomic E-state index is 0.864. The van der Waals surface area contributed by atoms with E-state index in [4.69, 9.17) is 0 Å². The van der Waals surface area contributed by atoms with Crippen LogP contribution in [0.3, 0.4) is 0 Å². The SMILES string of the molecule is CCCNC=Nc1cccc(-c2ncc[nH]2)c1. The molecule has 4 heteroatoms. The summed E-state index contributed by atoms with van der Waals surface area (Å²) in [7, 11) is 0. The lowest BCUT2D eigenvalue weighted by Gasteiger charge is -1.99. The molecule has 0 bridgehead atoms. The Morgan fingerprint density at radius 2 is 2.41 bits per heavy atom. The quantitative estimate of drug-likeness (QED) is 0.469. The van der Waals surface area contributed by atoms with E-state index in [1.807, 2.05) is 30.5 Å². The number of imidazole rings is 1. The van der Waals surface area contributed by atoms with Gasteiger partial charge in [0.05, 0.1) is 12.0 Å². The topological polar surface area (TPSA) is 53.1 Å². The first kappa shape index (κ1) is 11.4. The normalized spacial score (nSPS) is 10.9. The molecule has 0 saturated heterocycles. The zero-order chi connectivity index (χ0) is 11.9. The van der Waals surface area contributed by atoms with E-state index in [0.717, 1.165) is 30.0 Å². The third kappa shape index (κ3) is 3.17. The van der Waals surface area contributed by atoms with Gasteiger partial charge in [-0.15, -0.1) is 0 Å². The maximum absolute atomic E-state index is 4.34. The Labute approximate surface area is 101 Å². The summed E-state index contributed by atoms with van der Waals surface area (Å²) < 4.78 is 0. The van der Waals surface area contributed by atoms with Gasteiger partial charge in [0.2, 0.25) is 0 Å². The molecule has 17 heavy (non-hydrogen) atoms. The molecule has 2 aromatic rings. The third-order valence-electron chi connectivity index (χ3n) is 2.32. The fourth-order valence-corrected chi connectivity index (χ4v) is 1.49. The van der Waals surface area contributed by atoms with Crippen molar-refractivity contribution in [3.05, 3.63) is 36.7 Å². The molecule has 1 heterocycles. The molecule has 0 spiro atoms. The van der Waals surface area contributed by atoms with Crippen LogP contribution in [0.25, 0.3) is 11.4 Å². The van der Waals surface area contributed by atoms with Crippen molar-refractivity contribution >= 4 is 12.0 Å². The van der Waals surface area contributed by atoms with Crippen LogP contribution in [-0.2, 0) is 0 Å². The predicted octanol–water partition coefficient (Wildman–Crippen LogP) is 2.74. The molecule has 0 aliphatic carbocycles. The number of hydrogen-bond acceptors (Lipinski definition) is 2. The molecule has 0 atom stereocenters. The van der Waals surface area contributed by atoms with Gasteiger partial charge < -0.3 is 10.3 Å². The van der Waals surface area contributed by atoms with Gasteiger partial charge in [0.1, 0.15) is 5.82 Å². The lowest BCUT2D eigenvalue weighted by Crippen LogP contribution is -2.10. The van der Waals surface area contributed by atoms with Crippen LogP contribution in [0.2, 0.25) is 0 Å². The molecule has 0 saturated carbocycles. The Kier molecular flexibility index (Phi) is 3.91. The average molecular weight is 228 g/mol. The summed E-state index contributed by atoms with van der Waals surface area (Å²) in [5, 5.41) is 3.12. The van der Waals surface area contributed by atoms with Gasteiger partial charge in [0.15, 0.2) is 0 Å². The first-order valence-electron chi connectivity index (χ1n) is 5.76.